The number of rotatable bonds is 11. The normalized spacial score (nSPS) is 11.4. The van der Waals surface area contributed by atoms with Crippen LogP contribution in [0.25, 0.3) is 56.0 Å². The van der Waals surface area contributed by atoms with E-state index < -0.39 is 0 Å². The van der Waals surface area contributed by atoms with Gasteiger partial charge in [0, 0.05) is 35.2 Å². The van der Waals surface area contributed by atoms with Crippen LogP contribution in [0.5, 0.6) is 17.2 Å². The highest BCUT2D eigenvalue weighted by molar-refractivity contribution is 6.01. The molecule has 0 atom stereocenters. The third-order valence-corrected chi connectivity index (χ3v) is 7.60. The molecule has 8 heteroatoms. The highest BCUT2D eigenvalue weighted by atomic mass is 16.5. The van der Waals surface area contributed by atoms with E-state index in [0.29, 0.717) is 12.4 Å². The monoisotopic (exact) mass is 588 g/mol. The lowest BCUT2D eigenvalue weighted by molar-refractivity contribution is 0.0751. The van der Waals surface area contributed by atoms with Gasteiger partial charge in [0.15, 0.2) is 5.82 Å². The number of benzene rings is 4. The smallest absolute Gasteiger partial charge is 0.160 e. The van der Waals surface area contributed by atoms with Crippen LogP contribution in [0.3, 0.4) is 0 Å². The summed E-state index contributed by atoms with van der Waals surface area (Å²) < 4.78 is 24.4. The molecule has 6 aromatic rings. The van der Waals surface area contributed by atoms with E-state index in [4.69, 9.17) is 33.9 Å². The zero-order chi connectivity index (χ0) is 30.6. The third-order valence-electron chi connectivity index (χ3n) is 7.60. The predicted octanol–water partition coefficient (Wildman–Crippen LogP) is 7.82. The average molecular weight is 589 g/mol. The standard InChI is InChI=1S/C36H36N4O4/c1-23(2)44-20-6-19-40-33-21-30-31(22-32(33)38-36(40)26-11-17-29(43-5)18-12-26)37-35(25-9-15-28(42-4)16-10-25)39-34(30)24-7-13-27(41-3)14-8-24/h7-18,21-23H,6,19-20H2,1-5H3. The van der Waals surface area contributed by atoms with Crippen molar-refractivity contribution in [2.75, 3.05) is 27.9 Å². The van der Waals surface area contributed by atoms with Gasteiger partial charge in [0.25, 0.3) is 0 Å². The Morgan fingerprint density at radius 1 is 0.636 bits per heavy atom. The molecule has 0 saturated heterocycles. The van der Waals surface area contributed by atoms with Crippen LogP contribution in [0.1, 0.15) is 20.3 Å². The van der Waals surface area contributed by atoms with Crippen LogP contribution in [0.15, 0.2) is 84.9 Å². The van der Waals surface area contributed by atoms with Crippen LogP contribution in [-0.2, 0) is 11.3 Å². The van der Waals surface area contributed by atoms with Gasteiger partial charge in [0.05, 0.1) is 49.7 Å². The fourth-order valence-electron chi connectivity index (χ4n) is 5.31. The van der Waals surface area contributed by atoms with Crippen molar-refractivity contribution in [3.05, 3.63) is 84.9 Å². The van der Waals surface area contributed by atoms with Gasteiger partial charge in [-0.1, -0.05) is 0 Å². The molecular formula is C36H36N4O4. The maximum atomic E-state index is 5.88. The molecule has 0 aliphatic heterocycles. The van der Waals surface area contributed by atoms with E-state index in [1.54, 1.807) is 21.3 Å². The van der Waals surface area contributed by atoms with Crippen molar-refractivity contribution in [1.29, 1.82) is 0 Å². The van der Waals surface area contributed by atoms with Crippen molar-refractivity contribution in [1.82, 2.24) is 19.5 Å². The van der Waals surface area contributed by atoms with Crippen molar-refractivity contribution in [2.24, 2.45) is 0 Å². The van der Waals surface area contributed by atoms with Crippen molar-refractivity contribution in [3.63, 3.8) is 0 Å². The predicted molar refractivity (Wildman–Crippen MR) is 174 cm³/mol. The molecule has 0 saturated carbocycles. The molecule has 6 rings (SSSR count). The summed E-state index contributed by atoms with van der Waals surface area (Å²) in [5.74, 6) is 3.89. The van der Waals surface area contributed by atoms with Gasteiger partial charge in [0.2, 0.25) is 0 Å². The molecule has 2 aromatic heterocycles. The van der Waals surface area contributed by atoms with Crippen LogP contribution >= 0.6 is 0 Å². The van der Waals surface area contributed by atoms with E-state index in [1.165, 1.54) is 0 Å². The van der Waals surface area contributed by atoms with Gasteiger partial charge in [-0.15, -0.1) is 0 Å². The second-order valence-electron chi connectivity index (χ2n) is 10.8. The number of nitrogens with zero attached hydrogens (tertiary/aromatic N) is 4. The summed E-state index contributed by atoms with van der Waals surface area (Å²) in [5, 5.41) is 0.945. The third kappa shape index (κ3) is 5.94. The zero-order valence-electron chi connectivity index (χ0n) is 25.7. The molecule has 4 aromatic carbocycles. The largest absolute Gasteiger partial charge is 0.497 e. The highest BCUT2D eigenvalue weighted by Crippen LogP contribution is 2.35. The topological polar surface area (TPSA) is 80.5 Å². The molecule has 224 valence electrons. The van der Waals surface area contributed by atoms with Gasteiger partial charge in [-0.2, -0.15) is 0 Å². The van der Waals surface area contributed by atoms with Gasteiger partial charge >= 0.3 is 0 Å². The number of ether oxygens (including phenoxy) is 4. The molecule has 2 heterocycles. The maximum Gasteiger partial charge on any atom is 0.160 e. The molecule has 0 amide bonds. The van der Waals surface area contributed by atoms with Gasteiger partial charge in [-0.3, -0.25) is 0 Å². The summed E-state index contributed by atoms with van der Waals surface area (Å²) in [7, 11) is 5.00. The molecule has 0 N–H and O–H groups in total. The van der Waals surface area contributed by atoms with E-state index in [0.717, 1.165) is 80.4 Å². The number of methoxy groups -OCH3 is 3. The summed E-state index contributed by atoms with van der Waals surface area (Å²) >= 11 is 0. The molecule has 0 aliphatic carbocycles. The molecule has 0 radical (unpaired) electrons. The van der Waals surface area contributed by atoms with E-state index >= 15 is 0 Å². The Hall–Kier alpha value is -4.95. The van der Waals surface area contributed by atoms with Crippen molar-refractivity contribution < 1.29 is 18.9 Å². The average Bonchev–Trinajstić information content (AvgIpc) is 3.42. The summed E-state index contributed by atoms with van der Waals surface area (Å²) in [4.78, 5) is 15.3. The van der Waals surface area contributed by atoms with Gasteiger partial charge in [0.1, 0.15) is 23.1 Å². The number of hydrogen-bond acceptors (Lipinski definition) is 7. The van der Waals surface area contributed by atoms with Crippen molar-refractivity contribution in [2.45, 2.75) is 32.9 Å². The Bertz CT molecular complexity index is 1880. The number of imidazole rings is 1. The lowest BCUT2D eigenvalue weighted by Gasteiger charge is -2.13. The first-order valence-electron chi connectivity index (χ1n) is 14.7. The highest BCUT2D eigenvalue weighted by Gasteiger charge is 2.18. The summed E-state index contributed by atoms with van der Waals surface area (Å²) in [6.07, 6.45) is 1.03. The van der Waals surface area contributed by atoms with E-state index in [2.05, 4.69) is 30.5 Å². The minimum absolute atomic E-state index is 0.184. The Morgan fingerprint density at radius 3 is 1.77 bits per heavy atom. The lowest BCUT2D eigenvalue weighted by atomic mass is 10.0. The second kappa shape index (κ2) is 12.7. The van der Waals surface area contributed by atoms with Crippen LogP contribution in [0, 0.1) is 0 Å². The van der Waals surface area contributed by atoms with Gasteiger partial charge in [-0.25, -0.2) is 15.0 Å². The van der Waals surface area contributed by atoms with Crippen LogP contribution < -0.4 is 14.2 Å². The molecule has 0 bridgehead atoms. The lowest BCUT2D eigenvalue weighted by Crippen LogP contribution is -2.08. The number of aromatic nitrogens is 4. The molecule has 0 spiro atoms. The first-order chi connectivity index (χ1) is 21.5. The first kappa shape index (κ1) is 29.1. The fourth-order valence-corrected chi connectivity index (χ4v) is 5.31. The van der Waals surface area contributed by atoms with Gasteiger partial charge in [-0.05, 0) is 105 Å². The van der Waals surface area contributed by atoms with Crippen LogP contribution in [0.4, 0.5) is 0 Å². The molecule has 44 heavy (non-hydrogen) atoms. The minimum atomic E-state index is 0.184. The Kier molecular flexibility index (Phi) is 8.43. The quantitative estimate of drug-likeness (QED) is 0.143. The molecule has 0 fully saturated rings. The maximum absolute atomic E-state index is 5.88. The number of fused-ring (bicyclic) bond motifs is 2. The Balaban J connectivity index is 1.55. The SMILES string of the molecule is COc1ccc(-c2nc(-c3ccc(OC)cc3)c3cc4c(cc3n2)nc(-c2ccc(OC)cc2)n4CCCOC(C)C)cc1. The van der Waals surface area contributed by atoms with Crippen molar-refractivity contribution in [3.8, 4) is 51.3 Å². The second-order valence-corrected chi connectivity index (χ2v) is 10.8. The fraction of sp³-hybridized carbons (Fsp3) is 0.250. The Morgan fingerprint density at radius 2 is 1.20 bits per heavy atom. The molecular weight excluding hydrogens is 552 g/mol. The summed E-state index contributed by atoms with van der Waals surface area (Å²) in [5.41, 5.74) is 6.43. The van der Waals surface area contributed by atoms with Crippen LogP contribution in [0.2, 0.25) is 0 Å². The summed E-state index contributed by atoms with van der Waals surface area (Å²) in [6.45, 7) is 5.53. The van der Waals surface area contributed by atoms with E-state index in [9.17, 15) is 0 Å². The van der Waals surface area contributed by atoms with Gasteiger partial charge < -0.3 is 23.5 Å². The number of hydrogen-bond donors (Lipinski definition) is 0. The van der Waals surface area contributed by atoms with E-state index in [1.807, 2.05) is 72.8 Å². The van der Waals surface area contributed by atoms with E-state index in [-0.39, 0.29) is 6.10 Å². The van der Waals surface area contributed by atoms with Crippen molar-refractivity contribution >= 4 is 21.9 Å². The Labute approximate surface area is 257 Å². The molecule has 0 aliphatic rings. The number of aryl methyl sites for hydroxylation is 1. The first-order valence-corrected chi connectivity index (χ1v) is 14.7. The zero-order valence-corrected chi connectivity index (χ0v) is 25.7. The molecule has 0 unspecified atom stereocenters. The molecule has 8 nitrogen and oxygen atoms in total. The summed E-state index contributed by atoms with van der Waals surface area (Å²) in [6, 6.07) is 28.0. The van der Waals surface area contributed by atoms with Crippen LogP contribution in [-0.4, -0.2) is 53.6 Å². The minimum Gasteiger partial charge on any atom is -0.497 e.